The second-order valence-corrected chi connectivity index (χ2v) is 9.36. The molecule has 5 rings (SSSR count). The number of para-hydroxylation sites is 2. The number of aromatic amines is 1. The van der Waals surface area contributed by atoms with E-state index in [9.17, 15) is 9.59 Å². The summed E-state index contributed by atoms with van der Waals surface area (Å²) in [4.78, 5) is 34.0. The van der Waals surface area contributed by atoms with Crippen LogP contribution >= 0.6 is 11.8 Å². The minimum absolute atomic E-state index is 0.000380. The van der Waals surface area contributed by atoms with Crippen LogP contribution in [0.1, 0.15) is 29.6 Å². The minimum atomic E-state index is -0.283. The number of hydrogen-bond acceptors (Lipinski definition) is 6. The van der Waals surface area contributed by atoms with Gasteiger partial charge in [-0.2, -0.15) is 11.8 Å². The van der Waals surface area contributed by atoms with Crippen molar-refractivity contribution in [2.45, 2.75) is 25.8 Å². The molecule has 7 nitrogen and oxygen atoms in total. The molecule has 0 saturated heterocycles. The van der Waals surface area contributed by atoms with Gasteiger partial charge in [0.25, 0.3) is 0 Å². The summed E-state index contributed by atoms with van der Waals surface area (Å²) in [6, 6.07) is 18.3. The summed E-state index contributed by atoms with van der Waals surface area (Å²) in [6.07, 6.45) is 2.75. The summed E-state index contributed by atoms with van der Waals surface area (Å²) in [6.45, 7) is 1.71. The fraction of sp³-hybridized carbons (Fsp3) is 0.222. The van der Waals surface area contributed by atoms with Crippen LogP contribution in [0.25, 0.3) is 33.5 Å². The zero-order chi connectivity index (χ0) is 24.4. The summed E-state index contributed by atoms with van der Waals surface area (Å²) in [7, 11) is 0. The smallest absolute Gasteiger partial charge is 0.228 e. The van der Waals surface area contributed by atoms with Crippen molar-refractivity contribution in [1.29, 1.82) is 0 Å². The van der Waals surface area contributed by atoms with Gasteiger partial charge in [0.1, 0.15) is 17.3 Å². The fourth-order valence-corrected chi connectivity index (χ4v) is 4.67. The van der Waals surface area contributed by atoms with Gasteiger partial charge in [0, 0.05) is 11.6 Å². The van der Waals surface area contributed by atoms with Crippen LogP contribution in [-0.2, 0) is 11.2 Å². The summed E-state index contributed by atoms with van der Waals surface area (Å²) < 4.78 is 11.8. The zero-order valence-corrected chi connectivity index (χ0v) is 20.3. The second-order valence-electron chi connectivity index (χ2n) is 8.37. The van der Waals surface area contributed by atoms with E-state index >= 15 is 0 Å². The van der Waals surface area contributed by atoms with Crippen LogP contribution in [0.5, 0.6) is 0 Å². The largest absolute Gasteiger partial charge is 0.457 e. The van der Waals surface area contributed by atoms with Crippen molar-refractivity contribution in [3.63, 3.8) is 0 Å². The van der Waals surface area contributed by atoms with E-state index in [0.717, 1.165) is 34.6 Å². The second kappa shape index (κ2) is 9.84. The van der Waals surface area contributed by atoms with Crippen LogP contribution in [0.2, 0.25) is 0 Å². The predicted octanol–water partition coefficient (Wildman–Crippen LogP) is 5.39. The maximum absolute atomic E-state index is 13.3. The molecule has 0 aliphatic heterocycles. The number of amides is 1. The first-order valence-electron chi connectivity index (χ1n) is 11.4. The molecular weight excluding hydrogens is 462 g/mol. The van der Waals surface area contributed by atoms with Gasteiger partial charge in [-0.1, -0.05) is 42.5 Å². The van der Waals surface area contributed by atoms with Crippen LogP contribution < -0.4 is 10.7 Å². The number of rotatable bonds is 8. The molecule has 1 amide bonds. The van der Waals surface area contributed by atoms with E-state index < -0.39 is 0 Å². The molecule has 0 aliphatic rings. The Hall–Kier alpha value is -3.78. The van der Waals surface area contributed by atoms with Crippen molar-refractivity contribution in [3.8, 4) is 11.3 Å². The Morgan fingerprint density at radius 3 is 2.63 bits per heavy atom. The number of imidazole rings is 1. The lowest BCUT2D eigenvalue weighted by molar-refractivity contribution is -0.121. The lowest BCUT2D eigenvalue weighted by atomic mass is 10.0. The Morgan fingerprint density at radius 1 is 1.09 bits per heavy atom. The Morgan fingerprint density at radius 2 is 1.86 bits per heavy atom. The molecule has 1 atom stereocenters. The third kappa shape index (κ3) is 4.74. The minimum Gasteiger partial charge on any atom is -0.457 e. The van der Waals surface area contributed by atoms with Gasteiger partial charge in [0.15, 0.2) is 5.58 Å². The number of nitrogens with one attached hydrogen (secondary N) is 2. The molecule has 2 N–H and O–H groups in total. The van der Waals surface area contributed by atoms with Gasteiger partial charge in [-0.15, -0.1) is 0 Å². The molecule has 0 radical (unpaired) electrons. The van der Waals surface area contributed by atoms with Crippen LogP contribution in [-0.4, -0.2) is 27.9 Å². The Labute approximate surface area is 205 Å². The molecule has 0 aliphatic carbocycles. The highest BCUT2D eigenvalue weighted by Crippen LogP contribution is 2.33. The molecule has 0 saturated carbocycles. The van der Waals surface area contributed by atoms with Crippen LogP contribution in [0.4, 0.5) is 0 Å². The third-order valence-corrected chi connectivity index (χ3v) is 6.48. The number of H-pyrrole nitrogens is 1. The van der Waals surface area contributed by atoms with Crippen LogP contribution in [0, 0.1) is 6.92 Å². The van der Waals surface area contributed by atoms with E-state index in [-0.39, 0.29) is 29.4 Å². The van der Waals surface area contributed by atoms with E-state index in [1.165, 1.54) is 6.07 Å². The number of furan rings is 1. The summed E-state index contributed by atoms with van der Waals surface area (Å²) in [5.74, 6) is 2.30. The molecule has 8 heteroatoms. The number of carbonyl (C=O) groups excluding carboxylic acids is 1. The standard InChI is InChI=1S/C27H25N3O4S/c1-16-14-22(31)26-25(33-16)18(24(34-26)17-8-4-3-5-9-17)15-23(32)28-21(12-13-35-2)27-29-19-10-6-7-11-20(19)30-27/h3-11,14,21H,12-13,15H2,1-2H3,(H,28,32)(H,29,30)/t21-/m0/s1. The van der Waals surface area contributed by atoms with Gasteiger partial charge >= 0.3 is 0 Å². The first-order chi connectivity index (χ1) is 17.0. The number of fused-ring (bicyclic) bond motifs is 2. The molecule has 0 fully saturated rings. The van der Waals surface area contributed by atoms with Gasteiger partial charge in [0.05, 0.1) is 29.1 Å². The molecule has 35 heavy (non-hydrogen) atoms. The normalized spacial score (nSPS) is 12.3. The molecule has 3 heterocycles. The van der Waals surface area contributed by atoms with Crippen molar-refractivity contribution in [2.24, 2.45) is 0 Å². The molecule has 3 aromatic heterocycles. The number of hydrogen-bond donors (Lipinski definition) is 2. The number of aromatic nitrogens is 2. The molecule has 0 unspecified atom stereocenters. The van der Waals surface area contributed by atoms with E-state index in [2.05, 4.69) is 10.3 Å². The van der Waals surface area contributed by atoms with Crippen molar-refractivity contribution in [2.75, 3.05) is 12.0 Å². The molecule has 0 bridgehead atoms. The number of benzene rings is 2. The average Bonchev–Trinajstić information content (AvgIpc) is 3.44. The maximum Gasteiger partial charge on any atom is 0.228 e. The number of carbonyl (C=O) groups is 1. The zero-order valence-electron chi connectivity index (χ0n) is 19.5. The number of aryl methyl sites for hydroxylation is 1. The summed E-state index contributed by atoms with van der Waals surface area (Å²) in [5.41, 5.74) is 3.27. The highest BCUT2D eigenvalue weighted by molar-refractivity contribution is 7.98. The molecule has 2 aromatic carbocycles. The van der Waals surface area contributed by atoms with Crippen molar-refractivity contribution in [1.82, 2.24) is 15.3 Å². The van der Waals surface area contributed by atoms with Crippen molar-refractivity contribution >= 4 is 39.9 Å². The lowest BCUT2D eigenvalue weighted by Gasteiger charge is -2.16. The SMILES string of the molecule is CSCC[C@H](NC(=O)Cc1c(-c2ccccc2)oc2c(=O)cc(C)oc12)c1nc2ccccc2[nH]1. The predicted molar refractivity (Wildman–Crippen MR) is 139 cm³/mol. The Balaban J connectivity index is 1.49. The molecular formula is C27H25N3O4S. The maximum atomic E-state index is 13.3. The highest BCUT2D eigenvalue weighted by Gasteiger charge is 2.25. The monoisotopic (exact) mass is 487 g/mol. The van der Waals surface area contributed by atoms with Gasteiger partial charge in [0.2, 0.25) is 16.9 Å². The molecule has 5 aromatic rings. The van der Waals surface area contributed by atoms with Gasteiger partial charge in [-0.05, 0) is 37.5 Å². The van der Waals surface area contributed by atoms with Gasteiger partial charge in [-0.3, -0.25) is 9.59 Å². The molecule has 178 valence electrons. The van der Waals surface area contributed by atoms with Crippen molar-refractivity contribution < 1.29 is 13.6 Å². The van der Waals surface area contributed by atoms with Crippen LogP contribution in [0.3, 0.4) is 0 Å². The quantitative estimate of drug-likeness (QED) is 0.304. The lowest BCUT2D eigenvalue weighted by Crippen LogP contribution is -2.31. The Bertz CT molecular complexity index is 1520. The Kier molecular flexibility index (Phi) is 6.46. The van der Waals surface area contributed by atoms with E-state index in [1.807, 2.05) is 60.9 Å². The number of nitrogens with zero attached hydrogens (tertiary/aromatic N) is 1. The summed E-state index contributed by atoms with van der Waals surface area (Å²) in [5, 5.41) is 3.13. The first kappa shape index (κ1) is 23.0. The average molecular weight is 488 g/mol. The van der Waals surface area contributed by atoms with Crippen LogP contribution in [0.15, 0.2) is 74.3 Å². The van der Waals surface area contributed by atoms with E-state index in [0.29, 0.717) is 22.7 Å². The number of thioether (sulfide) groups is 1. The fourth-order valence-electron chi connectivity index (χ4n) is 4.20. The van der Waals surface area contributed by atoms with Crippen molar-refractivity contribution in [3.05, 3.63) is 88.0 Å². The van der Waals surface area contributed by atoms with E-state index in [1.54, 1.807) is 18.7 Å². The van der Waals surface area contributed by atoms with Gasteiger partial charge in [-0.25, -0.2) is 4.98 Å². The first-order valence-corrected chi connectivity index (χ1v) is 12.8. The highest BCUT2D eigenvalue weighted by atomic mass is 32.2. The molecule has 0 spiro atoms. The summed E-state index contributed by atoms with van der Waals surface area (Å²) >= 11 is 1.71. The van der Waals surface area contributed by atoms with E-state index in [4.69, 9.17) is 13.8 Å². The topological polar surface area (TPSA) is 101 Å². The van der Waals surface area contributed by atoms with Gasteiger partial charge < -0.3 is 19.1 Å². The third-order valence-electron chi connectivity index (χ3n) is 5.84.